The highest BCUT2D eigenvalue weighted by molar-refractivity contribution is 7.09. The van der Waals surface area contributed by atoms with Crippen molar-refractivity contribution in [3.05, 3.63) is 64.6 Å². The van der Waals surface area contributed by atoms with Gasteiger partial charge >= 0.3 is 0 Å². The van der Waals surface area contributed by atoms with Gasteiger partial charge in [0.25, 0.3) is 11.8 Å². The van der Waals surface area contributed by atoms with Crippen LogP contribution >= 0.6 is 11.5 Å². The number of benzene rings is 1. The zero-order valence-electron chi connectivity index (χ0n) is 19.6. The lowest BCUT2D eigenvalue weighted by Crippen LogP contribution is -2.45. The Morgan fingerprint density at radius 2 is 2.06 bits per heavy atom. The number of nitrogens with one attached hydrogen (secondary N) is 1. The maximum absolute atomic E-state index is 13.8. The van der Waals surface area contributed by atoms with Gasteiger partial charge in [0.15, 0.2) is 5.69 Å². The van der Waals surface area contributed by atoms with Crippen LogP contribution in [-0.4, -0.2) is 53.4 Å². The molecule has 0 unspecified atom stereocenters. The molecule has 11 nitrogen and oxygen atoms in total. The number of carbonyl (C=O) groups excluding carboxylic acids is 3. The van der Waals surface area contributed by atoms with Gasteiger partial charge in [-0.05, 0) is 54.2 Å². The molecule has 0 aliphatic carbocycles. The van der Waals surface area contributed by atoms with Gasteiger partial charge in [-0.15, -0.1) is 0 Å². The van der Waals surface area contributed by atoms with Gasteiger partial charge in [0.1, 0.15) is 22.4 Å². The number of nitrogens with two attached hydrogens (primary N) is 2. The Labute approximate surface area is 211 Å². The number of methoxy groups -OCH3 is 1. The summed E-state index contributed by atoms with van der Waals surface area (Å²) in [4.78, 5) is 40.5. The molecule has 36 heavy (non-hydrogen) atoms. The third kappa shape index (κ3) is 5.50. The van der Waals surface area contributed by atoms with Crippen LogP contribution in [0.5, 0.6) is 5.75 Å². The summed E-state index contributed by atoms with van der Waals surface area (Å²) in [5, 5.41) is 2.92. The Morgan fingerprint density at radius 1 is 1.28 bits per heavy atom. The summed E-state index contributed by atoms with van der Waals surface area (Å²) >= 11 is 0.748. The largest absolute Gasteiger partial charge is 0.497 e. The molecule has 4 rings (SSSR count). The molecule has 1 aliphatic rings. The Morgan fingerprint density at radius 3 is 2.64 bits per heavy atom. The van der Waals surface area contributed by atoms with Crippen molar-refractivity contribution < 1.29 is 28.3 Å². The minimum absolute atomic E-state index is 0.000735. The SMILES string of the molecule is COc1ccc([C@H](C(=O)NC[C@@H]2CCCO2)N(Cc2ccco2)C(=O)c2snc(C(N)=O)c2N)cc1. The van der Waals surface area contributed by atoms with Crippen molar-refractivity contribution in [3.8, 4) is 5.75 Å². The standard InChI is InChI=1S/C24H27N5O6S/c1-33-15-8-6-14(7-9-15)20(23(31)27-12-16-4-2-10-34-16)29(13-17-5-3-11-35-17)24(32)21-18(25)19(22(26)30)28-36-21/h3,5-9,11,16,20H,2,4,10,12-13,25H2,1H3,(H2,26,30)(H,27,31)/t16-,20+/m0/s1. The number of rotatable bonds is 10. The van der Waals surface area contributed by atoms with E-state index in [1.165, 1.54) is 18.3 Å². The molecule has 1 aliphatic heterocycles. The van der Waals surface area contributed by atoms with Crippen LogP contribution in [0.2, 0.25) is 0 Å². The Kier molecular flexibility index (Phi) is 7.86. The molecule has 0 spiro atoms. The van der Waals surface area contributed by atoms with Crippen molar-refractivity contribution in [1.29, 1.82) is 0 Å². The fourth-order valence-electron chi connectivity index (χ4n) is 3.99. The monoisotopic (exact) mass is 513 g/mol. The first-order valence-corrected chi connectivity index (χ1v) is 12.1. The number of hydrogen-bond donors (Lipinski definition) is 3. The number of anilines is 1. The predicted molar refractivity (Wildman–Crippen MR) is 131 cm³/mol. The van der Waals surface area contributed by atoms with Gasteiger partial charge in [0.2, 0.25) is 5.91 Å². The van der Waals surface area contributed by atoms with Gasteiger partial charge in [0, 0.05) is 13.2 Å². The molecule has 0 saturated carbocycles. The number of hydrogen-bond acceptors (Lipinski definition) is 9. The van der Waals surface area contributed by atoms with Crippen LogP contribution in [0.15, 0.2) is 47.1 Å². The van der Waals surface area contributed by atoms with E-state index in [1.54, 1.807) is 36.4 Å². The van der Waals surface area contributed by atoms with Gasteiger partial charge < -0.3 is 35.6 Å². The van der Waals surface area contributed by atoms with Crippen LogP contribution in [0, 0.1) is 0 Å². The lowest BCUT2D eigenvalue weighted by molar-refractivity contribution is -0.126. The Balaban J connectivity index is 1.73. The molecule has 1 aromatic carbocycles. The van der Waals surface area contributed by atoms with Crippen LogP contribution in [0.1, 0.15) is 50.4 Å². The molecule has 2 aromatic heterocycles. The van der Waals surface area contributed by atoms with E-state index in [1.807, 2.05) is 0 Å². The molecule has 2 atom stereocenters. The van der Waals surface area contributed by atoms with E-state index in [-0.39, 0.29) is 28.9 Å². The van der Waals surface area contributed by atoms with Crippen LogP contribution in [0.25, 0.3) is 0 Å². The Bertz CT molecular complexity index is 1200. The van der Waals surface area contributed by atoms with E-state index in [0.29, 0.717) is 30.2 Å². The molecule has 12 heteroatoms. The maximum atomic E-state index is 13.8. The van der Waals surface area contributed by atoms with Crippen molar-refractivity contribution in [2.24, 2.45) is 5.73 Å². The summed E-state index contributed by atoms with van der Waals surface area (Å²) in [5.41, 5.74) is 11.6. The topological polar surface area (TPSA) is 163 Å². The summed E-state index contributed by atoms with van der Waals surface area (Å²) in [6.45, 7) is 0.917. The number of carbonyl (C=O) groups is 3. The number of nitrogen functional groups attached to an aromatic ring is 1. The second kappa shape index (κ2) is 11.2. The summed E-state index contributed by atoms with van der Waals surface area (Å²) < 4.78 is 20.3. The van der Waals surface area contributed by atoms with Gasteiger partial charge in [-0.25, -0.2) is 0 Å². The third-order valence-electron chi connectivity index (χ3n) is 5.84. The van der Waals surface area contributed by atoms with Crippen molar-refractivity contribution in [3.63, 3.8) is 0 Å². The highest BCUT2D eigenvalue weighted by Gasteiger charge is 2.36. The zero-order valence-corrected chi connectivity index (χ0v) is 20.5. The minimum atomic E-state index is -1.06. The highest BCUT2D eigenvalue weighted by Crippen LogP contribution is 2.31. The number of primary amides is 1. The van der Waals surface area contributed by atoms with Crippen molar-refractivity contribution in [1.82, 2.24) is 14.6 Å². The molecule has 3 aromatic rings. The molecule has 5 N–H and O–H groups in total. The number of ether oxygens (including phenoxy) is 2. The predicted octanol–water partition coefficient (Wildman–Crippen LogP) is 2.10. The van der Waals surface area contributed by atoms with E-state index < -0.39 is 23.8 Å². The Hall–Kier alpha value is -3.90. The summed E-state index contributed by atoms with van der Waals surface area (Å²) in [5.74, 6) is -0.803. The number of nitrogens with zero attached hydrogens (tertiary/aromatic N) is 2. The van der Waals surface area contributed by atoms with E-state index in [2.05, 4.69) is 9.69 Å². The first-order valence-electron chi connectivity index (χ1n) is 11.3. The molecule has 1 saturated heterocycles. The summed E-state index contributed by atoms with van der Waals surface area (Å²) in [6.07, 6.45) is 3.16. The molecular weight excluding hydrogens is 486 g/mol. The lowest BCUT2D eigenvalue weighted by Gasteiger charge is -2.31. The van der Waals surface area contributed by atoms with E-state index in [9.17, 15) is 14.4 Å². The number of furan rings is 1. The average molecular weight is 514 g/mol. The zero-order chi connectivity index (χ0) is 25.7. The molecule has 190 valence electrons. The van der Waals surface area contributed by atoms with Crippen LogP contribution < -0.4 is 21.5 Å². The first-order chi connectivity index (χ1) is 17.4. The van der Waals surface area contributed by atoms with Gasteiger partial charge in [-0.1, -0.05) is 12.1 Å². The van der Waals surface area contributed by atoms with E-state index >= 15 is 0 Å². The van der Waals surface area contributed by atoms with Crippen LogP contribution in [0.3, 0.4) is 0 Å². The second-order valence-electron chi connectivity index (χ2n) is 8.21. The summed E-state index contributed by atoms with van der Waals surface area (Å²) in [7, 11) is 1.54. The van der Waals surface area contributed by atoms with Crippen molar-refractivity contribution >= 4 is 34.9 Å². The maximum Gasteiger partial charge on any atom is 0.270 e. The normalized spacial score (nSPS) is 15.9. The third-order valence-corrected chi connectivity index (χ3v) is 6.69. The van der Waals surface area contributed by atoms with Gasteiger partial charge in [0.05, 0.1) is 31.7 Å². The fourth-order valence-corrected chi connectivity index (χ4v) is 4.75. The fraction of sp³-hybridized carbons (Fsp3) is 0.333. The van der Waals surface area contributed by atoms with Crippen LogP contribution in [-0.2, 0) is 16.1 Å². The minimum Gasteiger partial charge on any atom is -0.497 e. The second-order valence-corrected chi connectivity index (χ2v) is 8.98. The molecule has 0 bridgehead atoms. The quantitative estimate of drug-likeness (QED) is 0.371. The first kappa shape index (κ1) is 25.2. The molecule has 1 fully saturated rings. The smallest absolute Gasteiger partial charge is 0.270 e. The number of amides is 3. The van der Waals surface area contributed by atoms with E-state index in [4.69, 9.17) is 25.4 Å². The van der Waals surface area contributed by atoms with E-state index in [0.717, 1.165) is 24.4 Å². The molecule has 0 radical (unpaired) electrons. The average Bonchev–Trinajstić information content (AvgIpc) is 3.65. The lowest BCUT2D eigenvalue weighted by atomic mass is 10.0. The highest BCUT2D eigenvalue weighted by atomic mass is 32.1. The van der Waals surface area contributed by atoms with Gasteiger partial charge in [-0.3, -0.25) is 14.4 Å². The van der Waals surface area contributed by atoms with Crippen LogP contribution in [0.4, 0.5) is 5.69 Å². The molecule has 3 amide bonds. The van der Waals surface area contributed by atoms with Crippen molar-refractivity contribution in [2.75, 3.05) is 26.0 Å². The molecular formula is C24H27N5O6S. The number of aromatic nitrogens is 1. The van der Waals surface area contributed by atoms with Crippen molar-refractivity contribution in [2.45, 2.75) is 31.5 Å². The summed E-state index contributed by atoms with van der Waals surface area (Å²) in [6, 6.07) is 9.15. The van der Waals surface area contributed by atoms with Gasteiger partial charge in [-0.2, -0.15) is 4.37 Å². The molecule has 3 heterocycles.